The molecule has 0 heterocycles. The molecule has 0 radical (unpaired) electrons. The first-order chi connectivity index (χ1) is 11.6. The summed E-state index contributed by atoms with van der Waals surface area (Å²) in [6.07, 6.45) is 0. The minimum Gasteiger partial charge on any atom is -0.372 e. The molecule has 2 heteroatoms. The molecule has 0 bridgehead atoms. The van der Waals surface area contributed by atoms with E-state index >= 15 is 0 Å². The number of para-hydroxylation sites is 1. The minimum absolute atomic E-state index is 1.08. The van der Waals surface area contributed by atoms with Crippen molar-refractivity contribution in [1.29, 1.82) is 0 Å². The van der Waals surface area contributed by atoms with E-state index in [2.05, 4.69) is 87.9 Å². The second-order valence-corrected chi connectivity index (χ2v) is 5.65. The first kappa shape index (κ1) is 22.2. The highest BCUT2D eigenvalue weighted by molar-refractivity contribution is 5.45. The van der Waals surface area contributed by atoms with E-state index in [0.29, 0.717) is 0 Å². The molecule has 2 rings (SSSR count). The van der Waals surface area contributed by atoms with Crippen molar-refractivity contribution in [2.75, 3.05) is 38.1 Å². The van der Waals surface area contributed by atoms with Gasteiger partial charge in [-0.1, -0.05) is 67.9 Å². The Kier molecular flexibility index (Phi) is 13.7. The highest BCUT2D eigenvalue weighted by Crippen LogP contribution is 2.11. The van der Waals surface area contributed by atoms with Crippen LogP contribution in [0.3, 0.4) is 0 Å². The van der Waals surface area contributed by atoms with Gasteiger partial charge in [-0.3, -0.25) is 0 Å². The molecule has 0 aliphatic heterocycles. The number of rotatable bonds is 5. The quantitative estimate of drug-likeness (QED) is 0.716. The van der Waals surface area contributed by atoms with Crippen molar-refractivity contribution >= 4 is 5.69 Å². The van der Waals surface area contributed by atoms with E-state index < -0.39 is 0 Å². The molecule has 0 fully saturated rings. The fourth-order valence-electron chi connectivity index (χ4n) is 1.99. The van der Waals surface area contributed by atoms with Gasteiger partial charge < -0.3 is 9.80 Å². The van der Waals surface area contributed by atoms with Crippen LogP contribution in [0, 0.1) is 6.92 Å². The first-order valence-electron chi connectivity index (χ1n) is 9.09. The third kappa shape index (κ3) is 10.8. The average Bonchev–Trinajstić information content (AvgIpc) is 2.64. The van der Waals surface area contributed by atoms with Gasteiger partial charge in [-0.15, -0.1) is 0 Å². The Hall–Kier alpha value is -1.80. The van der Waals surface area contributed by atoms with Crippen LogP contribution in [0.1, 0.15) is 33.3 Å². The van der Waals surface area contributed by atoms with Crippen molar-refractivity contribution in [3.05, 3.63) is 66.2 Å². The summed E-state index contributed by atoms with van der Waals surface area (Å²) in [5, 5.41) is 0. The molecule has 134 valence electrons. The molecule has 2 aromatic rings. The molecule has 0 N–H and O–H groups in total. The lowest BCUT2D eigenvalue weighted by atomic mass is 10.2. The highest BCUT2D eigenvalue weighted by Gasteiger charge is 1.97. The van der Waals surface area contributed by atoms with Crippen LogP contribution < -0.4 is 4.90 Å². The lowest BCUT2D eigenvalue weighted by molar-refractivity contribution is 0.373. The zero-order valence-corrected chi connectivity index (χ0v) is 16.5. The topological polar surface area (TPSA) is 6.48 Å². The van der Waals surface area contributed by atoms with Gasteiger partial charge in [0.25, 0.3) is 0 Å². The Morgan fingerprint density at radius 1 is 0.625 bits per heavy atom. The molecule has 0 saturated carbocycles. The highest BCUT2D eigenvalue weighted by atomic mass is 15.1. The monoisotopic (exact) mass is 328 g/mol. The smallest absolute Gasteiger partial charge is 0.0365 e. The van der Waals surface area contributed by atoms with Crippen molar-refractivity contribution in [3.63, 3.8) is 0 Å². The van der Waals surface area contributed by atoms with Crippen molar-refractivity contribution in [3.8, 4) is 0 Å². The van der Waals surface area contributed by atoms with Gasteiger partial charge >= 0.3 is 0 Å². The molecule has 0 atom stereocenters. The van der Waals surface area contributed by atoms with Crippen LogP contribution in [0.25, 0.3) is 0 Å². The van der Waals surface area contributed by atoms with Crippen LogP contribution >= 0.6 is 0 Å². The lowest BCUT2D eigenvalue weighted by Gasteiger charge is -2.20. The van der Waals surface area contributed by atoms with Gasteiger partial charge in [-0.05, 0) is 53.0 Å². The van der Waals surface area contributed by atoms with Gasteiger partial charge in [-0.25, -0.2) is 0 Å². The van der Waals surface area contributed by atoms with Crippen molar-refractivity contribution in [1.82, 2.24) is 4.90 Å². The maximum Gasteiger partial charge on any atom is 0.0365 e. The van der Waals surface area contributed by atoms with E-state index in [1.165, 1.54) is 11.3 Å². The van der Waals surface area contributed by atoms with Crippen LogP contribution in [0.15, 0.2) is 60.7 Å². The van der Waals surface area contributed by atoms with E-state index in [9.17, 15) is 0 Å². The van der Waals surface area contributed by atoms with Gasteiger partial charge in [-0.2, -0.15) is 0 Å². The predicted molar refractivity (Wildman–Crippen MR) is 110 cm³/mol. The van der Waals surface area contributed by atoms with Crippen LogP contribution in [-0.4, -0.2) is 38.1 Å². The summed E-state index contributed by atoms with van der Waals surface area (Å²) in [7, 11) is 2.11. The van der Waals surface area contributed by atoms with E-state index in [4.69, 9.17) is 0 Å². The summed E-state index contributed by atoms with van der Waals surface area (Å²) in [4.78, 5) is 4.58. The molecule has 0 aromatic heterocycles. The zero-order valence-electron chi connectivity index (χ0n) is 16.5. The zero-order chi connectivity index (χ0) is 18.2. The van der Waals surface area contributed by atoms with Crippen molar-refractivity contribution in [2.45, 2.75) is 34.6 Å². The second-order valence-electron chi connectivity index (χ2n) is 5.65. The number of nitrogens with zero attached hydrogens (tertiary/aromatic N) is 2. The summed E-state index contributed by atoms with van der Waals surface area (Å²) in [6.45, 7) is 15.2. The summed E-state index contributed by atoms with van der Waals surface area (Å²) in [5.41, 5.74) is 2.64. The molecule has 0 aliphatic carbocycles. The van der Waals surface area contributed by atoms with Crippen LogP contribution in [0.4, 0.5) is 5.69 Å². The first-order valence-corrected chi connectivity index (χ1v) is 9.09. The third-order valence-electron chi connectivity index (χ3n) is 3.90. The van der Waals surface area contributed by atoms with Gasteiger partial charge in [0.05, 0.1) is 0 Å². The van der Waals surface area contributed by atoms with E-state index in [-0.39, 0.29) is 0 Å². The molecule has 0 aliphatic rings. The van der Waals surface area contributed by atoms with Gasteiger partial charge in [0.2, 0.25) is 0 Å². The molecular weight excluding hydrogens is 292 g/mol. The van der Waals surface area contributed by atoms with Gasteiger partial charge in [0.1, 0.15) is 0 Å². The SMILES string of the molecule is CCN(C)CC.CCN(CC)c1ccccc1.Cc1ccccc1. The second kappa shape index (κ2) is 14.8. The predicted octanol–water partition coefficient (Wildman–Crippen LogP) is 5.49. The van der Waals surface area contributed by atoms with Gasteiger partial charge in [0, 0.05) is 18.8 Å². The Morgan fingerprint density at radius 2 is 1.04 bits per heavy atom. The maximum absolute atomic E-state index is 2.33. The van der Waals surface area contributed by atoms with E-state index in [0.717, 1.165) is 26.2 Å². The summed E-state index contributed by atoms with van der Waals surface area (Å²) < 4.78 is 0. The Balaban J connectivity index is 0.000000353. The Labute approximate surface area is 150 Å². The molecule has 0 amide bonds. The fraction of sp³-hybridized carbons (Fsp3) is 0.455. The minimum atomic E-state index is 1.08. The number of hydrogen-bond acceptors (Lipinski definition) is 2. The normalized spacial score (nSPS) is 9.46. The third-order valence-corrected chi connectivity index (χ3v) is 3.90. The molecule has 0 saturated heterocycles. The average molecular weight is 329 g/mol. The maximum atomic E-state index is 2.33. The van der Waals surface area contributed by atoms with E-state index in [1.807, 2.05) is 24.3 Å². The molecule has 0 spiro atoms. The molecule has 0 unspecified atom stereocenters. The van der Waals surface area contributed by atoms with Crippen molar-refractivity contribution in [2.24, 2.45) is 0 Å². The number of benzene rings is 2. The van der Waals surface area contributed by atoms with Crippen molar-refractivity contribution < 1.29 is 0 Å². The molecular formula is C22H36N2. The standard InChI is InChI=1S/C10H15N.C7H8.C5H13N/c1-3-11(4-2)10-8-6-5-7-9-10;1-7-5-3-2-4-6-7;1-4-6(3)5-2/h5-9H,3-4H2,1-2H3;2-6H,1H3;4-5H2,1-3H3. The Bertz CT molecular complexity index is 474. The van der Waals surface area contributed by atoms with E-state index in [1.54, 1.807) is 0 Å². The van der Waals surface area contributed by atoms with Gasteiger partial charge in [0.15, 0.2) is 0 Å². The number of aryl methyl sites for hydroxylation is 1. The molecule has 2 aromatic carbocycles. The van der Waals surface area contributed by atoms with Crippen LogP contribution in [0.2, 0.25) is 0 Å². The Morgan fingerprint density at radius 3 is 1.29 bits per heavy atom. The van der Waals surface area contributed by atoms with Crippen LogP contribution in [-0.2, 0) is 0 Å². The summed E-state index contributed by atoms with van der Waals surface area (Å²) in [5.74, 6) is 0. The lowest BCUT2D eigenvalue weighted by Crippen LogP contribution is -2.21. The van der Waals surface area contributed by atoms with Crippen LogP contribution in [0.5, 0.6) is 0 Å². The number of anilines is 1. The molecule has 2 nitrogen and oxygen atoms in total. The molecule has 24 heavy (non-hydrogen) atoms. The summed E-state index contributed by atoms with van der Waals surface area (Å²) >= 11 is 0. The summed E-state index contributed by atoms with van der Waals surface area (Å²) in [6, 6.07) is 20.8. The fourth-order valence-corrected chi connectivity index (χ4v) is 1.99. The number of hydrogen-bond donors (Lipinski definition) is 0. The largest absolute Gasteiger partial charge is 0.372 e.